The van der Waals surface area contributed by atoms with Gasteiger partial charge in [0.1, 0.15) is 29.5 Å². The largest absolute Gasteiger partial charge is 0.488 e. The van der Waals surface area contributed by atoms with E-state index >= 15 is 0 Å². The van der Waals surface area contributed by atoms with Gasteiger partial charge < -0.3 is 25.4 Å². The van der Waals surface area contributed by atoms with E-state index in [4.69, 9.17) is 9.47 Å². The van der Waals surface area contributed by atoms with E-state index in [0.717, 1.165) is 67.0 Å². The lowest BCUT2D eigenvalue weighted by Crippen LogP contribution is -2.20. The Hall–Kier alpha value is -3.66. The number of benzene rings is 4. The molecule has 0 radical (unpaired) electrons. The highest BCUT2D eigenvalue weighted by Gasteiger charge is 2.21. The highest BCUT2D eigenvalue weighted by atomic mass is 35.5. The molecule has 0 spiro atoms. The van der Waals surface area contributed by atoms with E-state index in [1.807, 2.05) is 36.4 Å². The average molecular weight is 667 g/mol. The molecule has 7 rings (SSSR count). The van der Waals surface area contributed by atoms with E-state index in [2.05, 4.69) is 45.6 Å². The minimum atomic E-state index is -0.304. The van der Waals surface area contributed by atoms with Crippen molar-refractivity contribution in [3.8, 4) is 33.8 Å². The van der Waals surface area contributed by atoms with Crippen molar-refractivity contribution < 1.29 is 18.7 Å². The fraction of sp³-hybridized carbons (Fsp3) is 0.229. The maximum absolute atomic E-state index is 13.7. The zero-order valence-corrected chi connectivity index (χ0v) is 26.8. The molecule has 4 aromatic carbocycles. The minimum Gasteiger partial charge on any atom is -0.488 e. The summed E-state index contributed by atoms with van der Waals surface area (Å²) in [6.07, 6.45) is 2.01. The van der Waals surface area contributed by atoms with Gasteiger partial charge in [0.25, 0.3) is 5.91 Å². The summed E-state index contributed by atoms with van der Waals surface area (Å²) < 4.78 is 27.6. The van der Waals surface area contributed by atoms with Crippen molar-refractivity contribution in [3.63, 3.8) is 0 Å². The molecular weight excluding hydrogens is 632 g/mol. The van der Waals surface area contributed by atoms with E-state index in [9.17, 15) is 9.18 Å². The van der Waals surface area contributed by atoms with E-state index in [1.54, 1.807) is 23.5 Å². The molecular formula is C35H34Cl2FN3O3S. The summed E-state index contributed by atoms with van der Waals surface area (Å²) in [5.74, 6) is 0.933. The van der Waals surface area contributed by atoms with Crippen LogP contribution in [-0.4, -0.2) is 44.3 Å². The first-order valence-electron chi connectivity index (χ1n) is 14.7. The van der Waals surface area contributed by atoms with Crippen molar-refractivity contribution in [3.05, 3.63) is 102 Å². The van der Waals surface area contributed by atoms with Gasteiger partial charge in [0.05, 0.1) is 0 Å². The molecule has 234 valence electrons. The monoisotopic (exact) mass is 665 g/mol. The van der Waals surface area contributed by atoms with Gasteiger partial charge in [0, 0.05) is 40.2 Å². The Labute approximate surface area is 278 Å². The van der Waals surface area contributed by atoms with Crippen LogP contribution in [0.2, 0.25) is 0 Å². The van der Waals surface area contributed by atoms with Crippen molar-refractivity contribution in [2.45, 2.75) is 25.0 Å². The summed E-state index contributed by atoms with van der Waals surface area (Å²) >= 11 is 1.69. The molecule has 2 saturated heterocycles. The molecule has 1 aromatic heterocycles. The molecule has 0 unspecified atom stereocenters. The molecule has 0 bridgehead atoms. The number of rotatable bonds is 8. The second kappa shape index (κ2) is 14.6. The molecule has 3 heterocycles. The number of carbonyl (C=O) groups is 1. The van der Waals surface area contributed by atoms with Crippen molar-refractivity contribution in [2.24, 2.45) is 0 Å². The van der Waals surface area contributed by atoms with Crippen molar-refractivity contribution >= 4 is 57.8 Å². The smallest absolute Gasteiger partial charge is 0.255 e. The molecule has 0 saturated carbocycles. The quantitative estimate of drug-likeness (QED) is 0.157. The van der Waals surface area contributed by atoms with Gasteiger partial charge in [-0.3, -0.25) is 4.79 Å². The Morgan fingerprint density at radius 3 is 2.07 bits per heavy atom. The van der Waals surface area contributed by atoms with Gasteiger partial charge in [-0.1, -0.05) is 24.3 Å². The highest BCUT2D eigenvalue weighted by Crippen LogP contribution is 2.37. The summed E-state index contributed by atoms with van der Waals surface area (Å²) in [4.78, 5) is 13.6. The fourth-order valence-corrected chi connectivity index (χ4v) is 6.54. The summed E-state index contributed by atoms with van der Waals surface area (Å²) in [5, 5.41) is 13.0. The molecule has 0 aliphatic carbocycles. The summed E-state index contributed by atoms with van der Waals surface area (Å²) in [7, 11) is 0. The Kier molecular flexibility index (Phi) is 10.6. The van der Waals surface area contributed by atoms with Crippen LogP contribution in [0.4, 0.5) is 10.1 Å². The summed E-state index contributed by atoms with van der Waals surface area (Å²) in [5.41, 5.74) is 4.65. The van der Waals surface area contributed by atoms with E-state index < -0.39 is 0 Å². The molecule has 6 nitrogen and oxygen atoms in total. The molecule has 5 aromatic rings. The first-order valence-corrected chi connectivity index (χ1v) is 15.5. The van der Waals surface area contributed by atoms with Gasteiger partial charge in [-0.25, -0.2) is 4.39 Å². The van der Waals surface area contributed by atoms with Gasteiger partial charge in [-0.15, -0.1) is 36.2 Å². The SMILES string of the molecule is Cl.Cl.O=C(Nc1ccc(O[C@H]2CCNC2)c(-c2ccc(F)cc2)c1)c1ccc(O[C@H]2CCNC2)c(-c2ccc3ccsc3c2)c1. The Balaban J connectivity index is 0.00000200. The summed E-state index contributed by atoms with van der Waals surface area (Å²) in [6, 6.07) is 26.0. The van der Waals surface area contributed by atoms with Crippen LogP contribution in [0.15, 0.2) is 90.3 Å². The Bertz CT molecular complexity index is 1770. The van der Waals surface area contributed by atoms with Gasteiger partial charge >= 0.3 is 0 Å². The number of nitrogens with one attached hydrogen (secondary N) is 3. The zero-order chi connectivity index (χ0) is 29.2. The van der Waals surface area contributed by atoms with Crippen LogP contribution in [-0.2, 0) is 0 Å². The van der Waals surface area contributed by atoms with E-state index in [0.29, 0.717) is 17.0 Å². The van der Waals surface area contributed by atoms with Crippen LogP contribution < -0.4 is 25.4 Å². The molecule has 2 aliphatic heterocycles. The third kappa shape index (κ3) is 7.43. The first-order chi connectivity index (χ1) is 21.1. The first kappa shape index (κ1) is 32.7. The van der Waals surface area contributed by atoms with E-state index in [1.165, 1.54) is 22.2 Å². The van der Waals surface area contributed by atoms with Crippen LogP contribution in [0.25, 0.3) is 32.3 Å². The third-order valence-corrected chi connectivity index (χ3v) is 8.90. The number of ether oxygens (including phenoxy) is 2. The maximum Gasteiger partial charge on any atom is 0.255 e. The van der Waals surface area contributed by atoms with Crippen LogP contribution in [0.3, 0.4) is 0 Å². The topological polar surface area (TPSA) is 71.6 Å². The number of hydrogen-bond donors (Lipinski definition) is 3. The number of anilines is 1. The maximum atomic E-state index is 13.7. The number of carbonyl (C=O) groups excluding carboxylic acids is 1. The fourth-order valence-electron chi connectivity index (χ4n) is 5.71. The normalized spacial score (nSPS) is 17.4. The van der Waals surface area contributed by atoms with E-state index in [-0.39, 0.29) is 48.7 Å². The number of thiophene rings is 1. The van der Waals surface area contributed by atoms with Gasteiger partial charge in [-0.2, -0.15) is 0 Å². The van der Waals surface area contributed by atoms with Gasteiger partial charge in [-0.05, 0) is 108 Å². The zero-order valence-electron chi connectivity index (χ0n) is 24.4. The standard InChI is InChI=1S/C35H32FN3O3S.2ClH/c36-26-6-3-22(4-7-26)31-19-27(8-10-33(31)42-29-12-15-38-21-29)39-35(40)25-5-9-32(41-28-11-14-37-20-28)30(17-25)24-2-1-23-13-16-43-34(23)18-24;;/h1-10,13,16-19,28-29,37-38H,11-12,14-15,20-21H2,(H,39,40);2*1H/t28-,29-;;/m0../s1. The predicted octanol–water partition coefficient (Wildman–Crippen LogP) is 7.95. The average Bonchev–Trinajstić information content (AvgIpc) is 3.82. The number of hydrogen-bond acceptors (Lipinski definition) is 6. The van der Waals surface area contributed by atoms with Crippen LogP contribution in [0.1, 0.15) is 23.2 Å². The molecule has 3 N–H and O–H groups in total. The third-order valence-electron chi connectivity index (χ3n) is 8.02. The van der Waals surface area contributed by atoms with Crippen LogP contribution in [0, 0.1) is 5.82 Å². The highest BCUT2D eigenvalue weighted by molar-refractivity contribution is 7.17. The molecule has 2 fully saturated rings. The lowest BCUT2D eigenvalue weighted by Gasteiger charge is -2.19. The molecule has 2 aliphatic rings. The molecule has 10 heteroatoms. The summed E-state index contributed by atoms with van der Waals surface area (Å²) in [6.45, 7) is 3.43. The molecule has 2 atom stereocenters. The predicted molar refractivity (Wildman–Crippen MR) is 185 cm³/mol. The van der Waals surface area contributed by atoms with Crippen molar-refractivity contribution in [1.29, 1.82) is 0 Å². The molecule has 1 amide bonds. The van der Waals surface area contributed by atoms with Gasteiger partial charge in [0.2, 0.25) is 0 Å². The Morgan fingerprint density at radius 1 is 0.756 bits per heavy atom. The van der Waals surface area contributed by atoms with Crippen LogP contribution >= 0.6 is 36.2 Å². The number of amides is 1. The number of halogens is 3. The van der Waals surface area contributed by atoms with Crippen molar-refractivity contribution in [2.75, 3.05) is 31.5 Å². The van der Waals surface area contributed by atoms with Gasteiger partial charge in [0.15, 0.2) is 0 Å². The van der Waals surface area contributed by atoms with Crippen LogP contribution in [0.5, 0.6) is 11.5 Å². The Morgan fingerprint density at radius 2 is 1.40 bits per heavy atom. The second-order valence-electron chi connectivity index (χ2n) is 11.0. The lowest BCUT2D eigenvalue weighted by atomic mass is 10.00. The molecule has 45 heavy (non-hydrogen) atoms. The van der Waals surface area contributed by atoms with Crippen molar-refractivity contribution in [1.82, 2.24) is 10.6 Å². The minimum absolute atomic E-state index is 0. The lowest BCUT2D eigenvalue weighted by molar-refractivity contribution is 0.102. The number of fused-ring (bicyclic) bond motifs is 1. The second-order valence-corrected chi connectivity index (χ2v) is 12.0.